The molecule has 0 bridgehead atoms. The van der Waals surface area contributed by atoms with Crippen molar-refractivity contribution in [2.75, 3.05) is 13.7 Å². The predicted octanol–water partition coefficient (Wildman–Crippen LogP) is 0.344. The lowest BCUT2D eigenvalue weighted by Gasteiger charge is -2.01. The number of ether oxygens (including phenoxy) is 1. The smallest absolute Gasteiger partial charge is 0.245 e. The molecule has 0 saturated carbocycles. The van der Waals surface area contributed by atoms with E-state index in [0.29, 0.717) is 6.61 Å². The fourth-order valence-corrected chi connectivity index (χ4v) is 0.804. The van der Waals surface area contributed by atoms with E-state index in [0.717, 1.165) is 5.69 Å². The number of nitrogens with zero attached hydrogens (tertiary/aromatic N) is 1. The predicted molar refractivity (Wildman–Crippen MR) is 48.0 cm³/mol. The van der Waals surface area contributed by atoms with Gasteiger partial charge in [0.15, 0.2) is 0 Å². The van der Waals surface area contributed by atoms with E-state index in [1.807, 2.05) is 18.2 Å². The summed E-state index contributed by atoms with van der Waals surface area (Å²) < 4.78 is 5.10. The fraction of sp³-hybridized carbons (Fsp3) is 0.333. The Balaban J connectivity index is 2.24. The summed E-state index contributed by atoms with van der Waals surface area (Å²) in [5.41, 5.74) is 0.825. The van der Waals surface area contributed by atoms with Crippen LogP contribution in [0.3, 0.4) is 0 Å². The van der Waals surface area contributed by atoms with E-state index in [1.54, 1.807) is 13.2 Å². The van der Waals surface area contributed by atoms with Crippen molar-refractivity contribution in [3.63, 3.8) is 0 Å². The monoisotopic (exact) mass is 180 g/mol. The summed E-state index contributed by atoms with van der Waals surface area (Å²) in [6.45, 7) is 0.446. The average molecular weight is 180 g/mol. The number of nitrogens with one attached hydrogen (secondary N) is 1. The zero-order valence-electron chi connectivity index (χ0n) is 7.49. The molecule has 0 unspecified atom stereocenters. The Morgan fingerprint density at radius 3 is 3.08 bits per heavy atom. The molecule has 0 aliphatic heterocycles. The van der Waals surface area contributed by atoms with Crippen LogP contribution in [0.25, 0.3) is 0 Å². The largest absolute Gasteiger partial charge is 0.365 e. The van der Waals surface area contributed by atoms with Crippen LogP contribution >= 0.6 is 0 Å². The minimum Gasteiger partial charge on any atom is -0.365 e. The van der Waals surface area contributed by atoms with E-state index in [2.05, 4.69) is 10.3 Å². The number of hydrogen-bond acceptors (Lipinski definition) is 3. The number of likely N-dealkylation sites (N-methyl/N-ethyl adjacent to an activating group) is 1. The third-order valence-electron chi connectivity index (χ3n) is 1.49. The maximum atomic E-state index is 10.7. The number of carbonyl (C=O) groups is 1. The van der Waals surface area contributed by atoms with Gasteiger partial charge >= 0.3 is 0 Å². The molecule has 0 fully saturated rings. The maximum absolute atomic E-state index is 10.7. The van der Waals surface area contributed by atoms with Crippen molar-refractivity contribution in [1.29, 1.82) is 0 Å². The van der Waals surface area contributed by atoms with Crippen LogP contribution in [-0.2, 0) is 16.1 Å². The number of carbonyl (C=O) groups excluding carboxylic acids is 1. The van der Waals surface area contributed by atoms with Gasteiger partial charge < -0.3 is 10.1 Å². The van der Waals surface area contributed by atoms with Crippen molar-refractivity contribution in [2.45, 2.75) is 6.61 Å². The van der Waals surface area contributed by atoms with Gasteiger partial charge in [0.25, 0.3) is 0 Å². The molecule has 1 heterocycles. The molecule has 0 saturated heterocycles. The summed E-state index contributed by atoms with van der Waals surface area (Å²) in [5, 5.41) is 2.47. The first-order chi connectivity index (χ1) is 6.33. The van der Waals surface area contributed by atoms with Gasteiger partial charge in [-0.2, -0.15) is 0 Å². The van der Waals surface area contributed by atoms with Crippen LogP contribution < -0.4 is 5.32 Å². The molecule has 0 aliphatic carbocycles. The second kappa shape index (κ2) is 5.27. The fourth-order valence-electron chi connectivity index (χ4n) is 0.804. The van der Waals surface area contributed by atoms with E-state index < -0.39 is 0 Å². The Morgan fingerprint density at radius 1 is 1.62 bits per heavy atom. The van der Waals surface area contributed by atoms with Crippen molar-refractivity contribution in [3.05, 3.63) is 30.1 Å². The van der Waals surface area contributed by atoms with Crippen molar-refractivity contribution in [1.82, 2.24) is 10.3 Å². The van der Waals surface area contributed by atoms with E-state index >= 15 is 0 Å². The second-order valence-corrected chi connectivity index (χ2v) is 2.49. The van der Waals surface area contributed by atoms with Crippen molar-refractivity contribution in [3.8, 4) is 0 Å². The standard InChI is InChI=1S/C9H12N2O2/c1-10-9(12)7-13-6-8-4-2-3-5-11-8/h2-5H,6-7H2,1H3,(H,10,12). The molecule has 0 aliphatic rings. The van der Waals surface area contributed by atoms with Crippen LogP contribution in [0.4, 0.5) is 0 Å². The van der Waals surface area contributed by atoms with Crippen molar-refractivity contribution in [2.24, 2.45) is 0 Å². The number of amides is 1. The quantitative estimate of drug-likeness (QED) is 0.727. The Hall–Kier alpha value is -1.42. The number of aromatic nitrogens is 1. The van der Waals surface area contributed by atoms with Gasteiger partial charge in [0.1, 0.15) is 6.61 Å². The first-order valence-electron chi connectivity index (χ1n) is 4.01. The molecule has 1 N–H and O–H groups in total. The molecule has 4 nitrogen and oxygen atoms in total. The van der Waals surface area contributed by atoms with Crippen molar-refractivity contribution >= 4 is 5.91 Å². The molecule has 1 rings (SSSR count). The van der Waals surface area contributed by atoms with Gasteiger partial charge in [-0.3, -0.25) is 9.78 Å². The van der Waals surface area contributed by atoms with Gasteiger partial charge in [-0.05, 0) is 12.1 Å². The number of hydrogen-bond donors (Lipinski definition) is 1. The molecule has 70 valence electrons. The van der Waals surface area contributed by atoms with Gasteiger partial charge in [-0.25, -0.2) is 0 Å². The minimum absolute atomic E-state index is 0.0765. The number of rotatable bonds is 4. The van der Waals surface area contributed by atoms with Crippen LogP contribution in [-0.4, -0.2) is 24.5 Å². The van der Waals surface area contributed by atoms with Crippen LogP contribution in [0, 0.1) is 0 Å². The lowest BCUT2D eigenvalue weighted by atomic mass is 10.4. The van der Waals surface area contributed by atoms with E-state index in [1.165, 1.54) is 0 Å². The molecule has 0 spiro atoms. The lowest BCUT2D eigenvalue weighted by molar-refractivity contribution is -0.125. The highest BCUT2D eigenvalue weighted by Crippen LogP contribution is 1.94. The Labute approximate surface area is 76.9 Å². The molecule has 4 heteroatoms. The topological polar surface area (TPSA) is 51.2 Å². The van der Waals surface area contributed by atoms with Gasteiger partial charge in [-0.15, -0.1) is 0 Å². The minimum atomic E-state index is -0.129. The third-order valence-corrected chi connectivity index (χ3v) is 1.49. The van der Waals surface area contributed by atoms with E-state index in [-0.39, 0.29) is 12.5 Å². The highest BCUT2D eigenvalue weighted by Gasteiger charge is 1.97. The van der Waals surface area contributed by atoms with Crippen LogP contribution in [0.15, 0.2) is 24.4 Å². The molecule has 0 aromatic carbocycles. The van der Waals surface area contributed by atoms with Gasteiger partial charge in [0, 0.05) is 13.2 Å². The normalized spacial score (nSPS) is 9.62. The first-order valence-corrected chi connectivity index (χ1v) is 4.01. The third kappa shape index (κ3) is 3.66. The highest BCUT2D eigenvalue weighted by atomic mass is 16.5. The Bertz CT molecular complexity index is 262. The Kier molecular flexibility index (Phi) is 3.92. The van der Waals surface area contributed by atoms with E-state index in [4.69, 9.17) is 4.74 Å². The maximum Gasteiger partial charge on any atom is 0.245 e. The molecule has 1 amide bonds. The molecular weight excluding hydrogens is 168 g/mol. The molecular formula is C9H12N2O2. The lowest BCUT2D eigenvalue weighted by Crippen LogP contribution is -2.23. The molecule has 1 aromatic rings. The van der Waals surface area contributed by atoms with Gasteiger partial charge in [-0.1, -0.05) is 6.07 Å². The number of pyridine rings is 1. The van der Waals surface area contributed by atoms with Crippen molar-refractivity contribution < 1.29 is 9.53 Å². The zero-order valence-corrected chi connectivity index (χ0v) is 7.49. The Morgan fingerprint density at radius 2 is 2.46 bits per heavy atom. The zero-order chi connectivity index (χ0) is 9.52. The van der Waals surface area contributed by atoms with Gasteiger partial charge in [0.05, 0.1) is 12.3 Å². The summed E-state index contributed by atoms with van der Waals surface area (Å²) in [6.07, 6.45) is 1.69. The highest BCUT2D eigenvalue weighted by molar-refractivity contribution is 5.76. The second-order valence-electron chi connectivity index (χ2n) is 2.49. The molecule has 13 heavy (non-hydrogen) atoms. The van der Waals surface area contributed by atoms with Gasteiger partial charge in [0.2, 0.25) is 5.91 Å². The summed E-state index contributed by atoms with van der Waals surface area (Å²) in [5.74, 6) is -0.129. The molecule has 0 radical (unpaired) electrons. The van der Waals surface area contributed by atoms with Crippen LogP contribution in [0.2, 0.25) is 0 Å². The summed E-state index contributed by atoms with van der Waals surface area (Å²) >= 11 is 0. The summed E-state index contributed by atoms with van der Waals surface area (Å²) in [7, 11) is 1.58. The van der Waals surface area contributed by atoms with E-state index in [9.17, 15) is 4.79 Å². The van der Waals surface area contributed by atoms with Crippen LogP contribution in [0.1, 0.15) is 5.69 Å². The SMILES string of the molecule is CNC(=O)COCc1ccccn1. The molecule has 0 atom stereocenters. The summed E-state index contributed by atoms with van der Waals surface area (Å²) in [6, 6.07) is 5.57. The first kappa shape index (κ1) is 9.67. The summed E-state index contributed by atoms with van der Waals surface area (Å²) in [4.78, 5) is 14.8. The molecule has 1 aromatic heterocycles. The van der Waals surface area contributed by atoms with Crippen LogP contribution in [0.5, 0.6) is 0 Å². The average Bonchev–Trinajstić information content (AvgIpc) is 2.19.